The summed E-state index contributed by atoms with van der Waals surface area (Å²) in [7, 11) is 0. The van der Waals surface area contributed by atoms with E-state index in [2.05, 4.69) is 0 Å². The molecule has 1 heterocycles. The van der Waals surface area contributed by atoms with Gasteiger partial charge in [0.15, 0.2) is 5.78 Å². The molecule has 4 aromatic rings. The summed E-state index contributed by atoms with van der Waals surface area (Å²) in [6, 6.07) is 24.1. The molecule has 0 N–H and O–H groups in total. The second kappa shape index (κ2) is 8.29. The first-order chi connectivity index (χ1) is 14.6. The monoisotopic (exact) mass is 395 g/mol. The van der Waals surface area contributed by atoms with Crippen LogP contribution in [0.15, 0.2) is 78.9 Å². The molecule has 30 heavy (non-hydrogen) atoms. The molecular weight excluding hydrogens is 374 g/mol. The zero-order chi connectivity index (χ0) is 21.1. The first-order valence-corrected chi connectivity index (χ1v) is 9.86. The number of carbonyl (C=O) groups excluding carboxylic acids is 2. The Balaban J connectivity index is 2.12. The molecule has 0 bridgehead atoms. The number of fused-ring (bicyclic) bond motifs is 1. The van der Waals surface area contributed by atoms with Gasteiger partial charge >= 0.3 is 5.97 Å². The van der Waals surface area contributed by atoms with Gasteiger partial charge in [-0.15, -0.1) is 0 Å². The first kappa shape index (κ1) is 19.5. The van der Waals surface area contributed by atoms with Crippen molar-refractivity contribution in [3.63, 3.8) is 0 Å². The van der Waals surface area contributed by atoms with Crippen molar-refractivity contribution in [2.45, 2.75) is 13.8 Å². The third-order valence-electron chi connectivity index (χ3n) is 4.93. The minimum atomic E-state index is -0.549. The standard InChI is InChI=1S/C26H21NO3/c1-3-30-26(29)23-22(25(28)19-12-8-5-9-13-19)20-16-17(2)14-15-21(20)27-24(23)18-10-6-4-7-11-18/h4-16H,3H2,1-2H3. The van der Waals surface area contributed by atoms with Gasteiger partial charge in [0, 0.05) is 22.1 Å². The largest absolute Gasteiger partial charge is 0.462 e. The number of nitrogens with zero attached hydrogens (tertiary/aromatic N) is 1. The number of esters is 1. The summed E-state index contributed by atoms with van der Waals surface area (Å²) in [4.78, 5) is 31.5. The minimum absolute atomic E-state index is 0.204. The molecule has 1 aromatic heterocycles. The smallest absolute Gasteiger partial charge is 0.341 e. The van der Waals surface area contributed by atoms with Crippen LogP contribution >= 0.6 is 0 Å². The molecule has 4 heteroatoms. The van der Waals surface area contributed by atoms with Crippen LogP contribution in [0.25, 0.3) is 22.2 Å². The van der Waals surface area contributed by atoms with Gasteiger partial charge < -0.3 is 4.74 Å². The molecule has 0 atom stereocenters. The highest BCUT2D eigenvalue weighted by Crippen LogP contribution is 2.33. The number of hydrogen-bond donors (Lipinski definition) is 0. The fourth-order valence-corrected chi connectivity index (χ4v) is 3.55. The second-order valence-corrected chi connectivity index (χ2v) is 7.01. The SMILES string of the molecule is CCOC(=O)c1c(-c2ccccc2)nc2ccc(C)cc2c1C(=O)c1ccccc1. The number of carbonyl (C=O) groups is 2. The van der Waals surface area contributed by atoms with Crippen LogP contribution in [0.4, 0.5) is 0 Å². The lowest BCUT2D eigenvalue weighted by Crippen LogP contribution is -2.16. The van der Waals surface area contributed by atoms with Crippen LogP contribution in [0.2, 0.25) is 0 Å². The molecule has 0 aliphatic heterocycles. The lowest BCUT2D eigenvalue weighted by Gasteiger charge is -2.16. The Morgan fingerprint density at radius 3 is 2.20 bits per heavy atom. The molecule has 0 amide bonds. The number of ether oxygens (including phenoxy) is 1. The number of pyridine rings is 1. The van der Waals surface area contributed by atoms with Crippen LogP contribution in [0.3, 0.4) is 0 Å². The lowest BCUT2D eigenvalue weighted by atomic mass is 9.91. The van der Waals surface area contributed by atoms with Crippen LogP contribution in [0.5, 0.6) is 0 Å². The number of aromatic nitrogens is 1. The van der Waals surface area contributed by atoms with Crippen molar-refractivity contribution in [2.75, 3.05) is 6.61 Å². The zero-order valence-corrected chi connectivity index (χ0v) is 16.9. The average molecular weight is 395 g/mol. The highest BCUT2D eigenvalue weighted by molar-refractivity contribution is 6.22. The summed E-state index contributed by atoms with van der Waals surface area (Å²) in [6.07, 6.45) is 0. The van der Waals surface area contributed by atoms with Crippen molar-refractivity contribution in [3.8, 4) is 11.3 Å². The third kappa shape index (κ3) is 3.60. The van der Waals surface area contributed by atoms with E-state index in [0.717, 1.165) is 11.1 Å². The van der Waals surface area contributed by atoms with E-state index in [0.29, 0.717) is 27.7 Å². The third-order valence-corrected chi connectivity index (χ3v) is 4.93. The van der Waals surface area contributed by atoms with E-state index in [-0.39, 0.29) is 18.0 Å². The van der Waals surface area contributed by atoms with Crippen LogP contribution < -0.4 is 0 Å². The minimum Gasteiger partial charge on any atom is -0.462 e. The van der Waals surface area contributed by atoms with Crippen molar-refractivity contribution in [1.29, 1.82) is 0 Å². The molecule has 0 saturated heterocycles. The summed E-state index contributed by atoms with van der Waals surface area (Å²) in [5.74, 6) is -0.777. The Labute approximate surface area is 175 Å². The van der Waals surface area contributed by atoms with E-state index < -0.39 is 5.97 Å². The average Bonchev–Trinajstić information content (AvgIpc) is 2.78. The van der Waals surface area contributed by atoms with Gasteiger partial charge in [-0.1, -0.05) is 72.3 Å². The number of benzene rings is 3. The van der Waals surface area contributed by atoms with E-state index >= 15 is 0 Å². The summed E-state index contributed by atoms with van der Waals surface area (Å²) >= 11 is 0. The number of rotatable bonds is 5. The quantitative estimate of drug-likeness (QED) is 0.325. The van der Waals surface area contributed by atoms with E-state index in [1.807, 2.05) is 73.7 Å². The molecule has 4 rings (SSSR count). The normalized spacial score (nSPS) is 10.7. The molecular formula is C26H21NO3. The molecule has 0 fully saturated rings. The van der Waals surface area contributed by atoms with Gasteiger partial charge in [0.25, 0.3) is 0 Å². The maximum atomic E-state index is 13.6. The van der Waals surface area contributed by atoms with Gasteiger partial charge in [0.2, 0.25) is 0 Å². The molecule has 0 radical (unpaired) electrons. The maximum absolute atomic E-state index is 13.6. The van der Waals surface area contributed by atoms with Crippen molar-refractivity contribution in [1.82, 2.24) is 4.98 Å². The second-order valence-electron chi connectivity index (χ2n) is 7.01. The van der Waals surface area contributed by atoms with Gasteiger partial charge in [0.1, 0.15) is 0 Å². The number of aryl methyl sites for hydroxylation is 1. The van der Waals surface area contributed by atoms with Crippen molar-refractivity contribution in [3.05, 3.63) is 101 Å². The fourth-order valence-electron chi connectivity index (χ4n) is 3.55. The molecule has 0 aliphatic rings. The predicted molar refractivity (Wildman–Crippen MR) is 118 cm³/mol. The fraction of sp³-hybridized carbons (Fsp3) is 0.115. The van der Waals surface area contributed by atoms with E-state index in [4.69, 9.17) is 9.72 Å². The zero-order valence-electron chi connectivity index (χ0n) is 16.9. The molecule has 4 nitrogen and oxygen atoms in total. The van der Waals surface area contributed by atoms with Gasteiger partial charge in [0.05, 0.1) is 23.4 Å². The van der Waals surface area contributed by atoms with Crippen molar-refractivity contribution in [2.24, 2.45) is 0 Å². The summed E-state index contributed by atoms with van der Waals surface area (Å²) in [5, 5.41) is 0.645. The van der Waals surface area contributed by atoms with Crippen LogP contribution in [-0.2, 0) is 4.74 Å². The highest BCUT2D eigenvalue weighted by atomic mass is 16.5. The van der Waals surface area contributed by atoms with Gasteiger partial charge in [-0.05, 0) is 26.0 Å². The Morgan fingerprint density at radius 2 is 1.53 bits per heavy atom. The van der Waals surface area contributed by atoms with E-state index in [1.165, 1.54) is 0 Å². The molecule has 148 valence electrons. The topological polar surface area (TPSA) is 56.3 Å². The maximum Gasteiger partial charge on any atom is 0.341 e. The van der Waals surface area contributed by atoms with Crippen LogP contribution in [0.1, 0.15) is 38.8 Å². The summed E-state index contributed by atoms with van der Waals surface area (Å²) in [5.41, 5.74) is 3.88. The van der Waals surface area contributed by atoms with Gasteiger partial charge in [-0.3, -0.25) is 4.79 Å². The summed E-state index contributed by atoms with van der Waals surface area (Å²) in [6.45, 7) is 3.90. The Kier molecular flexibility index (Phi) is 5.40. The van der Waals surface area contributed by atoms with E-state index in [1.54, 1.807) is 19.1 Å². The van der Waals surface area contributed by atoms with Gasteiger partial charge in [-0.25, -0.2) is 9.78 Å². The Bertz CT molecular complexity index is 1230. The van der Waals surface area contributed by atoms with Gasteiger partial charge in [-0.2, -0.15) is 0 Å². The Hall–Kier alpha value is -3.79. The summed E-state index contributed by atoms with van der Waals surface area (Å²) < 4.78 is 5.36. The lowest BCUT2D eigenvalue weighted by molar-refractivity contribution is 0.0524. The van der Waals surface area contributed by atoms with Crippen molar-refractivity contribution < 1.29 is 14.3 Å². The predicted octanol–water partition coefficient (Wildman–Crippen LogP) is 5.62. The van der Waals surface area contributed by atoms with Crippen LogP contribution in [-0.4, -0.2) is 23.3 Å². The molecule has 0 aliphatic carbocycles. The van der Waals surface area contributed by atoms with E-state index in [9.17, 15) is 9.59 Å². The number of ketones is 1. The molecule has 3 aromatic carbocycles. The van der Waals surface area contributed by atoms with Crippen LogP contribution in [0, 0.1) is 6.92 Å². The highest BCUT2D eigenvalue weighted by Gasteiger charge is 2.28. The molecule has 0 spiro atoms. The molecule has 0 unspecified atom stereocenters. The first-order valence-electron chi connectivity index (χ1n) is 9.86. The Morgan fingerprint density at radius 1 is 0.867 bits per heavy atom. The van der Waals surface area contributed by atoms with Crippen molar-refractivity contribution >= 4 is 22.7 Å². The molecule has 0 saturated carbocycles. The number of hydrogen-bond acceptors (Lipinski definition) is 4.